The van der Waals surface area contributed by atoms with Crippen LogP contribution in [-0.2, 0) is 4.79 Å². The monoisotopic (exact) mass is 259 g/mol. The van der Waals surface area contributed by atoms with Crippen molar-refractivity contribution in [2.45, 2.75) is 26.8 Å². The summed E-state index contributed by atoms with van der Waals surface area (Å²) in [4.78, 5) is 14.0. The van der Waals surface area contributed by atoms with Gasteiger partial charge < -0.3 is 5.32 Å². The third-order valence-electron chi connectivity index (χ3n) is 3.37. The van der Waals surface area contributed by atoms with Gasteiger partial charge in [0.15, 0.2) is 0 Å². The molecule has 0 aliphatic rings. The van der Waals surface area contributed by atoms with Gasteiger partial charge in [-0.3, -0.25) is 9.69 Å². The zero-order chi connectivity index (χ0) is 14.4. The van der Waals surface area contributed by atoms with E-state index < -0.39 is 0 Å². The fourth-order valence-corrected chi connectivity index (χ4v) is 1.76. The van der Waals surface area contributed by atoms with Crippen molar-refractivity contribution in [1.82, 2.24) is 4.90 Å². The van der Waals surface area contributed by atoms with Gasteiger partial charge in [-0.2, -0.15) is 5.26 Å². The second kappa shape index (κ2) is 6.91. The van der Waals surface area contributed by atoms with E-state index in [4.69, 9.17) is 5.26 Å². The Labute approximate surface area is 115 Å². The predicted molar refractivity (Wildman–Crippen MR) is 76.7 cm³/mol. The molecule has 0 saturated heterocycles. The van der Waals surface area contributed by atoms with Gasteiger partial charge in [-0.15, -0.1) is 0 Å². The number of nitrogens with zero attached hydrogens (tertiary/aromatic N) is 2. The summed E-state index contributed by atoms with van der Waals surface area (Å²) in [5.74, 6) is 0.391. The van der Waals surface area contributed by atoms with E-state index in [1.54, 1.807) is 24.3 Å². The van der Waals surface area contributed by atoms with Gasteiger partial charge in [-0.25, -0.2) is 0 Å². The first-order valence-electron chi connectivity index (χ1n) is 6.45. The molecule has 0 bridgehead atoms. The number of amides is 1. The minimum atomic E-state index is -0.0994. The first kappa shape index (κ1) is 15.2. The third kappa shape index (κ3) is 4.38. The van der Waals surface area contributed by atoms with Gasteiger partial charge >= 0.3 is 0 Å². The van der Waals surface area contributed by atoms with Crippen molar-refractivity contribution in [3.05, 3.63) is 29.8 Å². The van der Waals surface area contributed by atoms with E-state index in [0.717, 1.165) is 0 Å². The predicted octanol–water partition coefficient (Wildman–Crippen LogP) is 2.47. The van der Waals surface area contributed by atoms with Crippen LogP contribution in [0.4, 0.5) is 5.69 Å². The topological polar surface area (TPSA) is 56.1 Å². The molecule has 4 heteroatoms. The largest absolute Gasteiger partial charge is 0.324 e. The van der Waals surface area contributed by atoms with E-state index >= 15 is 0 Å². The Morgan fingerprint density at radius 3 is 2.58 bits per heavy atom. The lowest BCUT2D eigenvalue weighted by molar-refractivity contribution is -0.117. The normalized spacial score (nSPS) is 12.3. The number of likely N-dealkylation sites (N-methyl/N-ethyl adjacent to an activating group) is 1. The Morgan fingerprint density at radius 1 is 1.37 bits per heavy atom. The van der Waals surface area contributed by atoms with E-state index in [1.807, 2.05) is 11.9 Å². The quantitative estimate of drug-likeness (QED) is 0.883. The summed E-state index contributed by atoms with van der Waals surface area (Å²) in [6.45, 7) is 6.67. The fraction of sp³-hybridized carbons (Fsp3) is 0.467. The van der Waals surface area contributed by atoms with Crippen LogP contribution in [0, 0.1) is 17.2 Å². The van der Waals surface area contributed by atoms with E-state index in [1.165, 1.54) is 0 Å². The summed E-state index contributed by atoms with van der Waals surface area (Å²) in [6.07, 6.45) is 0. The number of carbonyl (C=O) groups is 1. The molecule has 0 heterocycles. The highest BCUT2D eigenvalue weighted by atomic mass is 16.2. The molecular weight excluding hydrogens is 238 g/mol. The molecule has 1 unspecified atom stereocenters. The minimum absolute atomic E-state index is 0.0994. The molecule has 102 valence electrons. The van der Waals surface area contributed by atoms with Gasteiger partial charge in [0.1, 0.15) is 6.07 Å². The molecule has 1 N–H and O–H groups in total. The van der Waals surface area contributed by atoms with Crippen molar-refractivity contribution in [2.75, 3.05) is 18.9 Å². The highest BCUT2D eigenvalue weighted by Gasteiger charge is 2.16. The Bertz CT molecular complexity index is 477. The molecule has 0 saturated carbocycles. The van der Waals surface area contributed by atoms with Gasteiger partial charge in [0.2, 0.25) is 5.91 Å². The third-order valence-corrected chi connectivity index (χ3v) is 3.37. The van der Waals surface area contributed by atoms with Crippen molar-refractivity contribution < 1.29 is 4.79 Å². The van der Waals surface area contributed by atoms with Crippen LogP contribution in [-0.4, -0.2) is 30.4 Å². The van der Waals surface area contributed by atoms with Crippen molar-refractivity contribution in [1.29, 1.82) is 5.26 Å². The molecule has 1 aromatic carbocycles. The average Bonchev–Trinajstić information content (AvgIpc) is 2.38. The summed E-state index contributed by atoms with van der Waals surface area (Å²) in [5.41, 5.74) is 1.05. The second-order valence-corrected chi connectivity index (χ2v) is 5.11. The number of nitriles is 1. The van der Waals surface area contributed by atoms with Crippen molar-refractivity contribution in [3.8, 4) is 6.07 Å². The molecule has 1 amide bonds. The molecule has 0 spiro atoms. The van der Waals surface area contributed by atoms with Gasteiger partial charge in [0, 0.05) is 6.04 Å². The minimum Gasteiger partial charge on any atom is -0.324 e. The molecule has 1 aromatic rings. The maximum atomic E-state index is 12.0. The summed E-state index contributed by atoms with van der Waals surface area (Å²) in [5, 5.41) is 11.7. The van der Waals surface area contributed by atoms with Crippen LogP contribution >= 0.6 is 0 Å². The lowest BCUT2D eigenvalue weighted by atomic mass is 10.1. The van der Waals surface area contributed by atoms with Crippen molar-refractivity contribution >= 4 is 11.6 Å². The van der Waals surface area contributed by atoms with Crippen LogP contribution in [0.15, 0.2) is 24.3 Å². The number of carbonyl (C=O) groups excluding carboxylic acids is 1. The number of para-hydroxylation sites is 1. The fourth-order valence-electron chi connectivity index (χ4n) is 1.76. The smallest absolute Gasteiger partial charge is 0.238 e. The Balaban J connectivity index is 2.64. The number of benzene rings is 1. The number of hydrogen-bond donors (Lipinski definition) is 1. The van der Waals surface area contributed by atoms with E-state index in [-0.39, 0.29) is 5.91 Å². The standard InChI is InChI=1S/C15H21N3O/c1-11(2)12(3)18(4)10-15(19)17-14-8-6-5-7-13(14)9-16/h5-8,11-12H,10H2,1-4H3,(H,17,19). The van der Waals surface area contributed by atoms with Gasteiger partial charge in [-0.1, -0.05) is 26.0 Å². The van der Waals surface area contributed by atoms with E-state index in [9.17, 15) is 4.79 Å². The van der Waals surface area contributed by atoms with Gasteiger partial charge in [0.25, 0.3) is 0 Å². The first-order valence-corrected chi connectivity index (χ1v) is 6.45. The van der Waals surface area contributed by atoms with Gasteiger partial charge in [-0.05, 0) is 32.0 Å². The molecule has 19 heavy (non-hydrogen) atoms. The van der Waals surface area contributed by atoms with Crippen LogP contribution < -0.4 is 5.32 Å². The molecule has 1 rings (SSSR count). The Kier molecular flexibility index (Phi) is 5.53. The average molecular weight is 259 g/mol. The molecule has 4 nitrogen and oxygen atoms in total. The van der Waals surface area contributed by atoms with Crippen LogP contribution in [0.2, 0.25) is 0 Å². The van der Waals surface area contributed by atoms with Crippen LogP contribution in [0.3, 0.4) is 0 Å². The zero-order valence-corrected chi connectivity index (χ0v) is 12.0. The zero-order valence-electron chi connectivity index (χ0n) is 12.0. The number of nitrogens with one attached hydrogen (secondary N) is 1. The molecular formula is C15H21N3O. The first-order chi connectivity index (χ1) is 8.95. The molecule has 0 fully saturated rings. The van der Waals surface area contributed by atoms with E-state index in [2.05, 4.69) is 32.2 Å². The van der Waals surface area contributed by atoms with E-state index in [0.29, 0.717) is 29.8 Å². The number of anilines is 1. The van der Waals surface area contributed by atoms with Crippen molar-refractivity contribution in [3.63, 3.8) is 0 Å². The van der Waals surface area contributed by atoms with Crippen molar-refractivity contribution in [2.24, 2.45) is 5.92 Å². The summed E-state index contributed by atoms with van der Waals surface area (Å²) >= 11 is 0. The lowest BCUT2D eigenvalue weighted by Crippen LogP contribution is -2.39. The number of rotatable bonds is 5. The van der Waals surface area contributed by atoms with Crippen LogP contribution in [0.1, 0.15) is 26.3 Å². The highest BCUT2D eigenvalue weighted by Crippen LogP contribution is 2.14. The summed E-state index contributed by atoms with van der Waals surface area (Å²) in [7, 11) is 1.93. The molecule has 0 aliphatic heterocycles. The summed E-state index contributed by atoms with van der Waals surface area (Å²) < 4.78 is 0. The van der Waals surface area contributed by atoms with Crippen LogP contribution in [0.5, 0.6) is 0 Å². The molecule has 0 aromatic heterocycles. The number of hydrogen-bond acceptors (Lipinski definition) is 3. The lowest BCUT2D eigenvalue weighted by Gasteiger charge is -2.27. The van der Waals surface area contributed by atoms with Gasteiger partial charge in [0.05, 0.1) is 17.8 Å². The molecule has 1 atom stereocenters. The maximum absolute atomic E-state index is 12.0. The maximum Gasteiger partial charge on any atom is 0.238 e. The SMILES string of the molecule is CC(C)C(C)N(C)CC(=O)Nc1ccccc1C#N. The molecule has 0 aliphatic carbocycles. The summed E-state index contributed by atoms with van der Waals surface area (Å²) in [6, 6.07) is 9.41. The highest BCUT2D eigenvalue weighted by molar-refractivity contribution is 5.93. The Hall–Kier alpha value is -1.86. The Morgan fingerprint density at radius 2 is 2.00 bits per heavy atom. The second-order valence-electron chi connectivity index (χ2n) is 5.11. The van der Waals surface area contributed by atoms with Crippen LogP contribution in [0.25, 0.3) is 0 Å². The molecule has 0 radical (unpaired) electrons.